The lowest BCUT2D eigenvalue weighted by atomic mass is 10.1. The van der Waals surface area contributed by atoms with Crippen LogP contribution in [0.15, 0.2) is 10.5 Å². The molecule has 6 heteroatoms. The van der Waals surface area contributed by atoms with Crippen LogP contribution in [-0.2, 0) is 4.74 Å². The molecule has 0 amide bonds. The fraction of sp³-hybridized carbons (Fsp3) is 0.500. The van der Waals surface area contributed by atoms with Crippen molar-refractivity contribution < 1.29 is 14.6 Å². The standard InChI is InChI=1S/C14H19BrN2O3/c1-9-10(14(19)20-7-6-18)8-11(13(16)12(9)15)17-4-2-3-5-17/h8,18H,2-7,16H2,1H3. The zero-order valence-corrected chi connectivity index (χ0v) is 13.1. The summed E-state index contributed by atoms with van der Waals surface area (Å²) in [7, 11) is 0. The van der Waals surface area contributed by atoms with E-state index in [0.717, 1.165) is 41.7 Å². The highest BCUT2D eigenvalue weighted by atomic mass is 79.9. The van der Waals surface area contributed by atoms with Gasteiger partial charge in [0, 0.05) is 17.6 Å². The van der Waals surface area contributed by atoms with Crippen LogP contribution in [0.4, 0.5) is 11.4 Å². The summed E-state index contributed by atoms with van der Waals surface area (Å²) < 4.78 is 5.74. The van der Waals surface area contributed by atoms with Gasteiger partial charge in [-0.05, 0) is 47.3 Å². The fourth-order valence-corrected chi connectivity index (χ4v) is 2.82. The van der Waals surface area contributed by atoms with Crippen LogP contribution in [0.1, 0.15) is 28.8 Å². The van der Waals surface area contributed by atoms with Gasteiger partial charge in [-0.3, -0.25) is 0 Å². The Morgan fingerprint density at radius 2 is 2.15 bits per heavy atom. The largest absolute Gasteiger partial charge is 0.460 e. The Morgan fingerprint density at radius 3 is 2.75 bits per heavy atom. The Bertz CT molecular complexity index is 514. The SMILES string of the molecule is Cc1c(C(=O)OCCO)cc(N2CCCC2)c(N)c1Br. The number of nitrogen functional groups attached to an aromatic ring is 1. The molecule has 0 saturated carbocycles. The van der Waals surface area contributed by atoms with Crippen molar-refractivity contribution in [2.45, 2.75) is 19.8 Å². The van der Waals surface area contributed by atoms with Gasteiger partial charge in [0.15, 0.2) is 0 Å². The lowest BCUT2D eigenvalue weighted by Gasteiger charge is -2.22. The van der Waals surface area contributed by atoms with Crippen LogP contribution < -0.4 is 10.6 Å². The predicted octanol–water partition coefficient (Wildman–Crippen LogP) is 2.09. The van der Waals surface area contributed by atoms with Gasteiger partial charge in [-0.15, -0.1) is 0 Å². The Labute approximate surface area is 126 Å². The molecule has 1 aromatic carbocycles. The molecule has 2 rings (SSSR count). The molecule has 0 aromatic heterocycles. The summed E-state index contributed by atoms with van der Waals surface area (Å²) in [5.41, 5.74) is 8.92. The molecule has 1 fully saturated rings. The van der Waals surface area contributed by atoms with Gasteiger partial charge < -0.3 is 20.5 Å². The van der Waals surface area contributed by atoms with E-state index in [9.17, 15) is 4.79 Å². The van der Waals surface area contributed by atoms with E-state index in [1.54, 1.807) is 6.07 Å². The number of hydrogen-bond acceptors (Lipinski definition) is 5. The number of aliphatic hydroxyl groups excluding tert-OH is 1. The lowest BCUT2D eigenvalue weighted by Crippen LogP contribution is -2.21. The van der Waals surface area contributed by atoms with Gasteiger partial charge in [-0.25, -0.2) is 4.79 Å². The molecule has 0 atom stereocenters. The second-order valence-corrected chi connectivity index (χ2v) is 5.64. The number of benzene rings is 1. The van der Waals surface area contributed by atoms with Crippen molar-refractivity contribution in [1.29, 1.82) is 0 Å². The van der Waals surface area contributed by atoms with Crippen molar-refractivity contribution in [2.24, 2.45) is 0 Å². The number of halogens is 1. The summed E-state index contributed by atoms with van der Waals surface area (Å²) in [6.07, 6.45) is 2.27. The zero-order valence-electron chi connectivity index (χ0n) is 11.5. The second-order valence-electron chi connectivity index (χ2n) is 4.85. The molecule has 3 N–H and O–H groups in total. The van der Waals surface area contributed by atoms with E-state index in [2.05, 4.69) is 20.8 Å². The molecule has 5 nitrogen and oxygen atoms in total. The third-order valence-electron chi connectivity index (χ3n) is 3.52. The van der Waals surface area contributed by atoms with E-state index >= 15 is 0 Å². The van der Waals surface area contributed by atoms with Gasteiger partial charge in [0.1, 0.15) is 6.61 Å². The van der Waals surface area contributed by atoms with Crippen molar-refractivity contribution in [3.05, 3.63) is 21.7 Å². The topological polar surface area (TPSA) is 75.8 Å². The van der Waals surface area contributed by atoms with E-state index in [1.807, 2.05) is 6.92 Å². The van der Waals surface area contributed by atoms with E-state index in [4.69, 9.17) is 15.6 Å². The molecule has 0 radical (unpaired) electrons. The van der Waals surface area contributed by atoms with Crippen LogP contribution >= 0.6 is 15.9 Å². The number of nitrogens with two attached hydrogens (primary N) is 1. The zero-order chi connectivity index (χ0) is 14.7. The highest BCUT2D eigenvalue weighted by Gasteiger charge is 2.22. The third-order valence-corrected chi connectivity index (χ3v) is 4.54. The maximum Gasteiger partial charge on any atom is 0.338 e. The summed E-state index contributed by atoms with van der Waals surface area (Å²) in [6, 6.07) is 1.79. The van der Waals surface area contributed by atoms with Crippen LogP contribution in [0.25, 0.3) is 0 Å². The van der Waals surface area contributed by atoms with Gasteiger partial charge in [0.25, 0.3) is 0 Å². The highest BCUT2D eigenvalue weighted by Crippen LogP contribution is 2.37. The van der Waals surface area contributed by atoms with Crippen molar-refractivity contribution in [2.75, 3.05) is 36.9 Å². The Kier molecular flexibility index (Phi) is 4.88. The van der Waals surface area contributed by atoms with Crippen molar-refractivity contribution >= 4 is 33.3 Å². The average Bonchev–Trinajstić information content (AvgIpc) is 2.96. The minimum Gasteiger partial charge on any atom is -0.460 e. The molecule has 1 heterocycles. The minimum absolute atomic E-state index is 0.000678. The molecular formula is C14H19BrN2O3. The molecule has 0 unspecified atom stereocenters. The number of esters is 1. The van der Waals surface area contributed by atoms with Crippen molar-refractivity contribution in [3.8, 4) is 0 Å². The van der Waals surface area contributed by atoms with E-state index in [-0.39, 0.29) is 13.2 Å². The minimum atomic E-state index is -0.433. The van der Waals surface area contributed by atoms with E-state index < -0.39 is 5.97 Å². The molecular weight excluding hydrogens is 324 g/mol. The molecule has 0 aliphatic carbocycles. The van der Waals surface area contributed by atoms with Gasteiger partial charge in [-0.1, -0.05) is 0 Å². The van der Waals surface area contributed by atoms with Crippen LogP contribution in [0.5, 0.6) is 0 Å². The number of aliphatic hydroxyl groups is 1. The summed E-state index contributed by atoms with van der Waals surface area (Å²) in [5, 5.41) is 8.74. The number of ether oxygens (including phenoxy) is 1. The number of nitrogens with zero attached hydrogens (tertiary/aromatic N) is 1. The van der Waals surface area contributed by atoms with Gasteiger partial charge in [0.2, 0.25) is 0 Å². The van der Waals surface area contributed by atoms with Gasteiger partial charge in [-0.2, -0.15) is 0 Å². The third kappa shape index (κ3) is 2.91. The van der Waals surface area contributed by atoms with Gasteiger partial charge >= 0.3 is 5.97 Å². The summed E-state index contributed by atoms with van der Waals surface area (Å²) in [4.78, 5) is 14.2. The number of carbonyl (C=O) groups excluding carboxylic acids is 1. The fourth-order valence-electron chi connectivity index (χ4n) is 2.40. The summed E-state index contributed by atoms with van der Waals surface area (Å²) in [5.74, 6) is -0.433. The van der Waals surface area contributed by atoms with Crippen LogP contribution in [0, 0.1) is 6.92 Å². The molecule has 110 valence electrons. The summed E-state index contributed by atoms with van der Waals surface area (Å²) in [6.45, 7) is 3.54. The number of rotatable bonds is 4. The Balaban J connectivity index is 2.38. The average molecular weight is 343 g/mol. The maximum absolute atomic E-state index is 12.0. The normalized spacial score (nSPS) is 14.7. The molecule has 20 heavy (non-hydrogen) atoms. The van der Waals surface area contributed by atoms with Crippen molar-refractivity contribution in [3.63, 3.8) is 0 Å². The first kappa shape index (κ1) is 15.1. The molecule has 0 bridgehead atoms. The second kappa shape index (κ2) is 6.45. The predicted molar refractivity (Wildman–Crippen MR) is 82.1 cm³/mol. The molecule has 0 spiro atoms. The first-order valence-corrected chi connectivity index (χ1v) is 7.47. The lowest BCUT2D eigenvalue weighted by molar-refractivity contribution is 0.0433. The highest BCUT2D eigenvalue weighted by molar-refractivity contribution is 9.10. The number of carbonyl (C=O) groups is 1. The molecule has 1 aliphatic rings. The van der Waals surface area contributed by atoms with Crippen LogP contribution in [0.3, 0.4) is 0 Å². The Morgan fingerprint density at radius 1 is 1.50 bits per heavy atom. The first-order chi connectivity index (χ1) is 9.56. The number of hydrogen-bond donors (Lipinski definition) is 2. The van der Waals surface area contributed by atoms with Gasteiger partial charge in [0.05, 0.1) is 23.5 Å². The molecule has 1 saturated heterocycles. The monoisotopic (exact) mass is 342 g/mol. The molecule has 1 aromatic rings. The van der Waals surface area contributed by atoms with Crippen LogP contribution in [0.2, 0.25) is 0 Å². The molecule has 1 aliphatic heterocycles. The number of anilines is 2. The van der Waals surface area contributed by atoms with Crippen molar-refractivity contribution in [1.82, 2.24) is 0 Å². The Hall–Kier alpha value is -1.27. The summed E-state index contributed by atoms with van der Waals surface area (Å²) >= 11 is 3.46. The quantitative estimate of drug-likeness (QED) is 0.647. The first-order valence-electron chi connectivity index (χ1n) is 6.67. The van der Waals surface area contributed by atoms with E-state index in [1.165, 1.54) is 0 Å². The maximum atomic E-state index is 12.0. The smallest absolute Gasteiger partial charge is 0.338 e. The van der Waals surface area contributed by atoms with Crippen LogP contribution in [-0.4, -0.2) is 37.4 Å². The van der Waals surface area contributed by atoms with E-state index in [0.29, 0.717) is 11.3 Å².